The predicted molar refractivity (Wildman–Crippen MR) is 69.2 cm³/mol. The van der Waals surface area contributed by atoms with E-state index in [9.17, 15) is 13.9 Å². The summed E-state index contributed by atoms with van der Waals surface area (Å²) >= 11 is 0. The second kappa shape index (κ2) is 5.50. The molecule has 112 valence electrons. The highest BCUT2D eigenvalue weighted by Gasteiger charge is 2.45. The van der Waals surface area contributed by atoms with Crippen LogP contribution in [-0.4, -0.2) is 33.1 Å². The third kappa shape index (κ3) is 2.54. The molecule has 1 aliphatic heterocycles. The van der Waals surface area contributed by atoms with Crippen LogP contribution in [0.25, 0.3) is 0 Å². The van der Waals surface area contributed by atoms with Crippen LogP contribution in [-0.2, 0) is 16.9 Å². The summed E-state index contributed by atoms with van der Waals surface area (Å²) in [5.41, 5.74) is -1.30. The topological polar surface area (TPSA) is 60.2 Å². The first-order valence-corrected chi connectivity index (χ1v) is 6.66. The number of halogens is 2. The first-order valence-electron chi connectivity index (χ1n) is 6.66. The lowest BCUT2D eigenvalue weighted by atomic mass is 9.86. The van der Waals surface area contributed by atoms with Crippen LogP contribution in [0.2, 0.25) is 0 Å². The van der Waals surface area contributed by atoms with Crippen molar-refractivity contribution in [1.82, 2.24) is 14.8 Å². The fourth-order valence-corrected chi connectivity index (χ4v) is 2.85. The van der Waals surface area contributed by atoms with Gasteiger partial charge in [-0.1, -0.05) is 6.07 Å². The number of aliphatic hydroxyl groups is 1. The zero-order chi connectivity index (χ0) is 14.9. The van der Waals surface area contributed by atoms with E-state index in [2.05, 4.69) is 10.1 Å². The molecule has 5 nitrogen and oxygen atoms in total. The maximum absolute atomic E-state index is 14.2. The summed E-state index contributed by atoms with van der Waals surface area (Å²) in [6.45, 7) is 0.301. The fraction of sp³-hybridized carbons (Fsp3) is 0.429. The van der Waals surface area contributed by atoms with Gasteiger partial charge in [-0.2, -0.15) is 5.10 Å². The number of nitrogens with zero attached hydrogens (tertiary/aromatic N) is 3. The molecule has 0 spiro atoms. The smallest absolute Gasteiger partial charge is 0.137 e. The van der Waals surface area contributed by atoms with Gasteiger partial charge in [0.25, 0.3) is 0 Å². The van der Waals surface area contributed by atoms with Gasteiger partial charge in [-0.05, 0) is 18.6 Å². The monoisotopic (exact) mass is 295 g/mol. The number of hydrogen-bond donors (Lipinski definition) is 1. The van der Waals surface area contributed by atoms with Crippen LogP contribution < -0.4 is 0 Å². The molecule has 2 heterocycles. The molecule has 0 aliphatic carbocycles. The Labute approximate surface area is 120 Å². The van der Waals surface area contributed by atoms with E-state index in [0.717, 1.165) is 0 Å². The van der Waals surface area contributed by atoms with Crippen molar-refractivity contribution in [2.24, 2.45) is 5.92 Å². The minimum atomic E-state index is -1.18. The molecule has 2 aromatic rings. The van der Waals surface area contributed by atoms with Crippen LogP contribution in [0.5, 0.6) is 0 Å². The molecule has 1 aromatic heterocycles. The van der Waals surface area contributed by atoms with Crippen molar-refractivity contribution >= 4 is 0 Å². The average Bonchev–Trinajstić information content (AvgIpc) is 3.09. The largest absolute Gasteiger partial charge is 0.396 e. The van der Waals surface area contributed by atoms with Gasteiger partial charge >= 0.3 is 0 Å². The van der Waals surface area contributed by atoms with E-state index in [1.54, 1.807) is 0 Å². The van der Waals surface area contributed by atoms with E-state index in [1.807, 2.05) is 0 Å². The Morgan fingerprint density at radius 3 is 2.71 bits per heavy atom. The lowest BCUT2D eigenvalue weighted by molar-refractivity contribution is -0.0234. The van der Waals surface area contributed by atoms with Gasteiger partial charge < -0.3 is 9.84 Å². The van der Waals surface area contributed by atoms with E-state index >= 15 is 0 Å². The number of aromatic nitrogens is 3. The van der Waals surface area contributed by atoms with Gasteiger partial charge in [0.1, 0.15) is 29.9 Å². The highest BCUT2D eigenvalue weighted by Crippen LogP contribution is 2.42. The number of rotatable bonds is 4. The molecule has 0 unspecified atom stereocenters. The van der Waals surface area contributed by atoms with Crippen molar-refractivity contribution in [3.05, 3.63) is 48.1 Å². The van der Waals surface area contributed by atoms with E-state index in [-0.39, 0.29) is 31.2 Å². The average molecular weight is 295 g/mol. The number of aliphatic hydroxyl groups excluding tert-OH is 1. The molecule has 0 amide bonds. The van der Waals surface area contributed by atoms with Gasteiger partial charge in [-0.3, -0.25) is 0 Å². The van der Waals surface area contributed by atoms with Gasteiger partial charge in [0.15, 0.2) is 0 Å². The van der Waals surface area contributed by atoms with Crippen LogP contribution in [0.1, 0.15) is 12.0 Å². The predicted octanol–water partition coefficient (Wildman–Crippen LogP) is 1.48. The molecule has 1 fully saturated rings. The van der Waals surface area contributed by atoms with Gasteiger partial charge in [-0.25, -0.2) is 18.4 Å². The van der Waals surface area contributed by atoms with Crippen LogP contribution in [0.4, 0.5) is 8.78 Å². The molecule has 7 heteroatoms. The quantitative estimate of drug-likeness (QED) is 0.928. The first kappa shape index (κ1) is 14.1. The van der Waals surface area contributed by atoms with Crippen molar-refractivity contribution in [2.75, 3.05) is 13.2 Å². The summed E-state index contributed by atoms with van der Waals surface area (Å²) < 4.78 is 35.6. The third-order valence-corrected chi connectivity index (χ3v) is 3.77. The van der Waals surface area contributed by atoms with Crippen LogP contribution >= 0.6 is 0 Å². The Balaban J connectivity index is 2.04. The molecule has 0 radical (unpaired) electrons. The van der Waals surface area contributed by atoms with E-state index in [0.29, 0.717) is 6.42 Å². The molecule has 1 saturated heterocycles. The normalized spacial score (nSPS) is 25.4. The summed E-state index contributed by atoms with van der Waals surface area (Å²) in [5.74, 6) is -1.48. The summed E-state index contributed by atoms with van der Waals surface area (Å²) in [5, 5.41) is 13.3. The Hall–Kier alpha value is -1.86. The number of ether oxygens (including phenoxy) is 1. The zero-order valence-electron chi connectivity index (χ0n) is 11.2. The van der Waals surface area contributed by atoms with Crippen molar-refractivity contribution in [1.29, 1.82) is 0 Å². The van der Waals surface area contributed by atoms with Gasteiger partial charge in [-0.15, -0.1) is 0 Å². The van der Waals surface area contributed by atoms with Crippen LogP contribution in [0.15, 0.2) is 30.9 Å². The highest BCUT2D eigenvalue weighted by atomic mass is 19.1. The molecular formula is C14H15F2N3O2. The maximum atomic E-state index is 14.2. The molecule has 1 aliphatic rings. The third-order valence-electron chi connectivity index (χ3n) is 3.77. The van der Waals surface area contributed by atoms with E-state index < -0.39 is 17.2 Å². The molecule has 2 atom stereocenters. The van der Waals surface area contributed by atoms with Crippen LogP contribution in [0, 0.1) is 17.6 Å². The molecule has 0 bridgehead atoms. The Bertz CT molecular complexity index is 600. The van der Waals surface area contributed by atoms with Gasteiger partial charge in [0, 0.05) is 12.5 Å². The summed E-state index contributed by atoms with van der Waals surface area (Å²) in [6.07, 6.45) is 3.14. The molecular weight excluding hydrogens is 280 g/mol. The zero-order valence-corrected chi connectivity index (χ0v) is 11.2. The van der Waals surface area contributed by atoms with Gasteiger partial charge in [0.2, 0.25) is 0 Å². The number of hydrogen-bond acceptors (Lipinski definition) is 4. The molecule has 0 saturated carbocycles. The minimum absolute atomic E-state index is 0.0881. The van der Waals surface area contributed by atoms with E-state index in [1.165, 1.54) is 35.5 Å². The highest BCUT2D eigenvalue weighted by molar-refractivity contribution is 5.27. The van der Waals surface area contributed by atoms with Crippen molar-refractivity contribution in [2.45, 2.75) is 18.6 Å². The molecule has 21 heavy (non-hydrogen) atoms. The second-order valence-electron chi connectivity index (χ2n) is 5.25. The summed E-state index contributed by atoms with van der Waals surface area (Å²) in [4.78, 5) is 3.83. The fourth-order valence-electron chi connectivity index (χ4n) is 2.85. The minimum Gasteiger partial charge on any atom is -0.396 e. The SMILES string of the molecule is OC[C@@H]1CO[C@@](Cn2cncn2)(c2c(F)cccc2F)C1. The lowest BCUT2D eigenvalue weighted by Gasteiger charge is -2.29. The maximum Gasteiger partial charge on any atom is 0.137 e. The Morgan fingerprint density at radius 2 is 2.14 bits per heavy atom. The second-order valence-corrected chi connectivity index (χ2v) is 5.25. The van der Waals surface area contributed by atoms with Crippen molar-refractivity contribution in [3.8, 4) is 0 Å². The Kier molecular flexibility index (Phi) is 3.69. The molecule has 3 rings (SSSR count). The van der Waals surface area contributed by atoms with Crippen LogP contribution in [0.3, 0.4) is 0 Å². The Morgan fingerprint density at radius 1 is 1.38 bits per heavy atom. The summed E-state index contributed by atoms with van der Waals surface area (Å²) in [6, 6.07) is 3.73. The summed E-state index contributed by atoms with van der Waals surface area (Å²) in [7, 11) is 0. The van der Waals surface area contributed by atoms with Crippen molar-refractivity contribution < 1.29 is 18.6 Å². The standard InChI is InChI=1S/C14H15F2N3O2/c15-11-2-1-3-12(16)13(11)14(4-10(5-20)6-21-14)7-19-9-17-8-18-19/h1-3,8-10,20H,4-7H2/t10-,14+/m1/s1. The first-order chi connectivity index (χ1) is 10.1. The van der Waals surface area contributed by atoms with Crippen molar-refractivity contribution in [3.63, 3.8) is 0 Å². The van der Waals surface area contributed by atoms with E-state index in [4.69, 9.17) is 4.74 Å². The van der Waals surface area contributed by atoms with Gasteiger partial charge in [0.05, 0.1) is 18.7 Å². The number of benzene rings is 1. The molecule has 1 N–H and O–H groups in total. The lowest BCUT2D eigenvalue weighted by Crippen LogP contribution is -2.33. The molecule has 1 aromatic carbocycles.